The summed E-state index contributed by atoms with van der Waals surface area (Å²) in [6.07, 6.45) is 2.87. The highest BCUT2D eigenvalue weighted by molar-refractivity contribution is 5.97. The smallest absolute Gasteiger partial charge is 0.341 e. The molecular weight excluding hydrogens is 220 g/mol. The molecule has 0 aliphatic carbocycles. The summed E-state index contributed by atoms with van der Waals surface area (Å²) in [6.45, 7) is 0. The van der Waals surface area contributed by atoms with Crippen LogP contribution in [0.15, 0.2) is 41.2 Å². The van der Waals surface area contributed by atoms with Crippen molar-refractivity contribution in [1.82, 2.24) is 0 Å². The molecule has 0 atom stereocenters. The lowest BCUT2D eigenvalue weighted by atomic mass is 10.0. The van der Waals surface area contributed by atoms with Crippen LogP contribution in [0.5, 0.6) is 5.75 Å². The van der Waals surface area contributed by atoms with E-state index < -0.39 is 5.97 Å². The van der Waals surface area contributed by atoms with Gasteiger partial charge in [0.2, 0.25) is 0 Å². The van der Waals surface area contributed by atoms with Crippen LogP contribution in [0.4, 0.5) is 0 Å². The van der Waals surface area contributed by atoms with Crippen molar-refractivity contribution in [3.05, 3.63) is 42.4 Å². The van der Waals surface area contributed by atoms with Crippen molar-refractivity contribution < 1.29 is 18.7 Å². The van der Waals surface area contributed by atoms with Crippen molar-refractivity contribution in [1.29, 1.82) is 0 Å². The molecule has 1 heterocycles. The Balaban J connectivity index is 2.53. The van der Waals surface area contributed by atoms with Crippen LogP contribution in [-0.2, 0) is 4.74 Å². The average molecular weight is 232 g/mol. The molecule has 2 rings (SSSR count). The highest BCUT2D eigenvalue weighted by Gasteiger charge is 2.18. The van der Waals surface area contributed by atoms with Crippen LogP contribution in [0, 0.1) is 0 Å². The molecule has 4 heteroatoms. The standard InChI is InChI=1S/C13H12O4/c1-15-12-6-4-3-5-9(12)10-7-17-8-11(10)13(14)16-2/h3-8H,1-2H3. The van der Waals surface area contributed by atoms with E-state index in [2.05, 4.69) is 0 Å². The summed E-state index contributed by atoms with van der Waals surface area (Å²) in [4.78, 5) is 11.5. The lowest BCUT2D eigenvalue weighted by molar-refractivity contribution is 0.0600. The number of carbonyl (C=O) groups excluding carboxylic acids is 1. The fourth-order valence-electron chi connectivity index (χ4n) is 1.64. The lowest BCUT2D eigenvalue weighted by Crippen LogP contribution is -2.01. The van der Waals surface area contributed by atoms with Gasteiger partial charge in [0.05, 0.1) is 20.5 Å². The highest BCUT2D eigenvalue weighted by Crippen LogP contribution is 2.32. The van der Waals surface area contributed by atoms with Crippen LogP contribution >= 0.6 is 0 Å². The molecule has 0 bridgehead atoms. The van der Waals surface area contributed by atoms with Crippen LogP contribution in [-0.4, -0.2) is 20.2 Å². The first kappa shape index (κ1) is 11.3. The molecule has 17 heavy (non-hydrogen) atoms. The SMILES string of the molecule is COC(=O)c1cocc1-c1ccccc1OC. The van der Waals surface area contributed by atoms with Crippen molar-refractivity contribution in [2.45, 2.75) is 0 Å². The monoisotopic (exact) mass is 232 g/mol. The van der Waals surface area contributed by atoms with E-state index >= 15 is 0 Å². The molecule has 0 saturated heterocycles. The van der Waals surface area contributed by atoms with Gasteiger partial charge in [-0.15, -0.1) is 0 Å². The van der Waals surface area contributed by atoms with Gasteiger partial charge in [-0.1, -0.05) is 18.2 Å². The third kappa shape index (κ3) is 2.01. The first-order valence-corrected chi connectivity index (χ1v) is 5.05. The Kier molecular flexibility index (Phi) is 3.14. The van der Waals surface area contributed by atoms with Crippen LogP contribution in [0.2, 0.25) is 0 Å². The minimum absolute atomic E-state index is 0.386. The summed E-state index contributed by atoms with van der Waals surface area (Å²) in [7, 11) is 2.91. The van der Waals surface area contributed by atoms with E-state index in [9.17, 15) is 4.79 Å². The molecule has 0 fully saturated rings. The number of para-hydroxylation sites is 1. The van der Waals surface area contributed by atoms with Crippen molar-refractivity contribution in [2.75, 3.05) is 14.2 Å². The lowest BCUT2D eigenvalue weighted by Gasteiger charge is -2.07. The third-order valence-corrected chi connectivity index (χ3v) is 2.46. The molecule has 1 aromatic heterocycles. The number of benzene rings is 1. The molecule has 4 nitrogen and oxygen atoms in total. The third-order valence-electron chi connectivity index (χ3n) is 2.46. The quantitative estimate of drug-likeness (QED) is 0.763. The second-order valence-electron chi connectivity index (χ2n) is 3.39. The van der Waals surface area contributed by atoms with Gasteiger partial charge in [0.25, 0.3) is 0 Å². The normalized spacial score (nSPS) is 10.0. The second kappa shape index (κ2) is 4.74. The van der Waals surface area contributed by atoms with Gasteiger partial charge in [-0.3, -0.25) is 0 Å². The van der Waals surface area contributed by atoms with Crippen molar-refractivity contribution in [2.24, 2.45) is 0 Å². The highest BCUT2D eigenvalue weighted by atomic mass is 16.5. The van der Waals surface area contributed by atoms with Crippen LogP contribution in [0.1, 0.15) is 10.4 Å². The molecule has 0 spiro atoms. The first-order chi connectivity index (χ1) is 8.27. The predicted molar refractivity (Wildman–Crippen MR) is 62.0 cm³/mol. The largest absolute Gasteiger partial charge is 0.496 e. The Morgan fingerprint density at radius 2 is 1.88 bits per heavy atom. The Bertz CT molecular complexity index is 528. The first-order valence-electron chi connectivity index (χ1n) is 5.05. The summed E-state index contributed by atoms with van der Waals surface area (Å²) in [5.74, 6) is 0.249. The van der Waals surface area contributed by atoms with E-state index in [0.717, 1.165) is 5.56 Å². The second-order valence-corrected chi connectivity index (χ2v) is 3.39. The summed E-state index contributed by atoms with van der Waals surface area (Å²) < 4.78 is 15.0. The molecule has 0 aliphatic rings. The Morgan fingerprint density at radius 1 is 1.12 bits per heavy atom. The van der Waals surface area contributed by atoms with Gasteiger partial charge >= 0.3 is 5.97 Å². The Hall–Kier alpha value is -2.23. The van der Waals surface area contributed by atoms with E-state index in [-0.39, 0.29) is 0 Å². The average Bonchev–Trinajstić information content (AvgIpc) is 2.86. The molecule has 88 valence electrons. The molecule has 0 saturated carbocycles. The number of esters is 1. The van der Waals surface area contributed by atoms with Crippen molar-refractivity contribution >= 4 is 5.97 Å². The molecule has 0 unspecified atom stereocenters. The number of hydrogen-bond acceptors (Lipinski definition) is 4. The van der Waals surface area contributed by atoms with Gasteiger partial charge < -0.3 is 13.9 Å². The zero-order chi connectivity index (χ0) is 12.3. The number of hydrogen-bond donors (Lipinski definition) is 0. The van der Waals surface area contributed by atoms with Gasteiger partial charge in [0.1, 0.15) is 17.6 Å². The van der Waals surface area contributed by atoms with E-state index in [4.69, 9.17) is 13.9 Å². The van der Waals surface area contributed by atoms with Crippen LogP contribution in [0.25, 0.3) is 11.1 Å². The number of furan rings is 1. The molecule has 0 amide bonds. The summed E-state index contributed by atoms with van der Waals surface area (Å²) in [5, 5.41) is 0. The Morgan fingerprint density at radius 3 is 2.59 bits per heavy atom. The van der Waals surface area contributed by atoms with Gasteiger partial charge in [0.15, 0.2) is 0 Å². The molecule has 1 aromatic carbocycles. The van der Waals surface area contributed by atoms with Gasteiger partial charge in [-0.25, -0.2) is 4.79 Å². The fraction of sp³-hybridized carbons (Fsp3) is 0.154. The fourth-order valence-corrected chi connectivity index (χ4v) is 1.64. The predicted octanol–water partition coefficient (Wildman–Crippen LogP) is 2.74. The van der Waals surface area contributed by atoms with E-state index in [1.54, 1.807) is 7.11 Å². The molecule has 0 aliphatic heterocycles. The maximum Gasteiger partial charge on any atom is 0.341 e. The van der Waals surface area contributed by atoms with Crippen molar-refractivity contribution in [3.8, 4) is 16.9 Å². The minimum atomic E-state index is -0.431. The molecule has 0 radical (unpaired) electrons. The molecule has 2 aromatic rings. The number of methoxy groups -OCH3 is 2. The number of carbonyl (C=O) groups is 1. The summed E-state index contributed by atoms with van der Waals surface area (Å²) >= 11 is 0. The zero-order valence-electron chi connectivity index (χ0n) is 9.60. The van der Waals surface area contributed by atoms with Crippen LogP contribution in [0.3, 0.4) is 0 Å². The zero-order valence-corrected chi connectivity index (χ0v) is 9.60. The van der Waals surface area contributed by atoms with Gasteiger partial charge in [-0.05, 0) is 6.07 Å². The van der Waals surface area contributed by atoms with E-state index in [1.165, 1.54) is 19.6 Å². The van der Waals surface area contributed by atoms with Crippen LogP contribution < -0.4 is 4.74 Å². The maximum atomic E-state index is 11.5. The van der Waals surface area contributed by atoms with E-state index in [0.29, 0.717) is 16.9 Å². The number of rotatable bonds is 3. The van der Waals surface area contributed by atoms with Gasteiger partial charge in [-0.2, -0.15) is 0 Å². The summed E-state index contributed by atoms with van der Waals surface area (Å²) in [6, 6.07) is 7.41. The Labute approximate surface area is 98.8 Å². The minimum Gasteiger partial charge on any atom is -0.496 e. The molecular formula is C13H12O4. The number of ether oxygens (including phenoxy) is 2. The maximum absolute atomic E-state index is 11.5. The summed E-state index contributed by atoms with van der Waals surface area (Å²) in [5.41, 5.74) is 1.84. The van der Waals surface area contributed by atoms with Gasteiger partial charge in [0, 0.05) is 11.1 Å². The van der Waals surface area contributed by atoms with E-state index in [1.807, 2.05) is 24.3 Å². The molecule has 0 N–H and O–H groups in total. The van der Waals surface area contributed by atoms with Crippen molar-refractivity contribution in [3.63, 3.8) is 0 Å². The topological polar surface area (TPSA) is 48.7 Å².